The first kappa shape index (κ1) is 21.4. The van der Waals surface area contributed by atoms with Gasteiger partial charge in [0.05, 0.1) is 11.9 Å². The molecule has 2 aromatic rings. The van der Waals surface area contributed by atoms with Crippen molar-refractivity contribution in [3.05, 3.63) is 59.3 Å². The Morgan fingerprint density at radius 1 is 1.27 bits per heavy atom. The summed E-state index contributed by atoms with van der Waals surface area (Å²) >= 11 is 0. The van der Waals surface area contributed by atoms with Gasteiger partial charge in [-0.2, -0.15) is 0 Å². The van der Waals surface area contributed by atoms with Crippen LogP contribution in [0.2, 0.25) is 0 Å². The van der Waals surface area contributed by atoms with E-state index in [0.717, 1.165) is 11.8 Å². The monoisotopic (exact) mass is 412 g/mol. The van der Waals surface area contributed by atoms with Crippen molar-refractivity contribution in [3.8, 4) is 0 Å². The third kappa shape index (κ3) is 5.20. The van der Waals surface area contributed by atoms with Crippen LogP contribution in [0.25, 0.3) is 6.08 Å². The Hall–Kier alpha value is -3.29. The van der Waals surface area contributed by atoms with Gasteiger partial charge in [0.1, 0.15) is 17.3 Å². The third-order valence-electron chi connectivity index (χ3n) is 5.08. The molecule has 0 bridgehead atoms. The fourth-order valence-corrected chi connectivity index (χ4v) is 3.52. The molecule has 158 valence electrons. The maximum atomic E-state index is 13.0. The van der Waals surface area contributed by atoms with E-state index in [1.807, 2.05) is 32.9 Å². The number of aromatic nitrogens is 2. The molecule has 1 aliphatic heterocycles. The molecule has 7 nitrogen and oxygen atoms in total. The second kappa shape index (κ2) is 8.61. The highest BCUT2D eigenvalue weighted by molar-refractivity contribution is 6.02. The first-order chi connectivity index (χ1) is 14.1. The fraction of sp³-hybridized carbons (Fsp3) is 0.364. The standard InChI is InChI=1S/C22H25FN4O3/c1-22(2,3)18-12-14(9-10-27(18)21(29)30)11-16-5-4-6-19(25-16)26-20(28)17-8-7-15(23)13-24-17/h4-8,11,13,18H,9-10,12H2,1-3H3,(H,29,30)(H,25,26,28). The van der Waals surface area contributed by atoms with Crippen LogP contribution < -0.4 is 5.32 Å². The molecule has 3 heterocycles. The topological polar surface area (TPSA) is 95.4 Å². The average molecular weight is 412 g/mol. The lowest BCUT2D eigenvalue weighted by Gasteiger charge is -2.42. The van der Waals surface area contributed by atoms with Crippen molar-refractivity contribution in [2.75, 3.05) is 11.9 Å². The second-order valence-corrected chi connectivity index (χ2v) is 8.38. The van der Waals surface area contributed by atoms with Crippen molar-refractivity contribution >= 4 is 23.9 Å². The minimum Gasteiger partial charge on any atom is -0.465 e. The van der Waals surface area contributed by atoms with Crippen molar-refractivity contribution in [1.29, 1.82) is 0 Å². The van der Waals surface area contributed by atoms with Crippen molar-refractivity contribution < 1.29 is 19.1 Å². The van der Waals surface area contributed by atoms with Gasteiger partial charge in [-0.1, -0.05) is 32.4 Å². The Morgan fingerprint density at radius 3 is 2.67 bits per heavy atom. The minimum atomic E-state index is -0.897. The van der Waals surface area contributed by atoms with Crippen molar-refractivity contribution in [2.24, 2.45) is 5.41 Å². The number of likely N-dealkylation sites (tertiary alicyclic amines) is 1. The van der Waals surface area contributed by atoms with Crippen molar-refractivity contribution in [3.63, 3.8) is 0 Å². The molecule has 2 amide bonds. The van der Waals surface area contributed by atoms with Crippen LogP contribution in [0.5, 0.6) is 0 Å². The Balaban J connectivity index is 1.75. The number of nitrogens with zero attached hydrogens (tertiary/aromatic N) is 3. The van der Waals surface area contributed by atoms with E-state index in [-0.39, 0.29) is 17.2 Å². The molecule has 0 saturated carbocycles. The molecule has 0 aliphatic carbocycles. The summed E-state index contributed by atoms with van der Waals surface area (Å²) in [6.45, 7) is 6.55. The number of pyridine rings is 2. The molecule has 2 N–H and O–H groups in total. The highest BCUT2D eigenvalue weighted by Gasteiger charge is 2.36. The van der Waals surface area contributed by atoms with Crippen LogP contribution in [0.4, 0.5) is 15.0 Å². The predicted octanol–water partition coefficient (Wildman–Crippen LogP) is 4.44. The number of halogens is 1. The zero-order valence-corrected chi connectivity index (χ0v) is 17.2. The van der Waals surface area contributed by atoms with Crippen LogP contribution in [0.15, 0.2) is 42.1 Å². The molecular weight excluding hydrogens is 387 g/mol. The van der Waals surface area contributed by atoms with E-state index < -0.39 is 17.8 Å². The van der Waals surface area contributed by atoms with Gasteiger partial charge in [-0.15, -0.1) is 0 Å². The number of carbonyl (C=O) groups excluding carboxylic acids is 1. The van der Waals surface area contributed by atoms with E-state index in [9.17, 15) is 19.1 Å². The molecule has 0 radical (unpaired) electrons. The second-order valence-electron chi connectivity index (χ2n) is 8.38. The zero-order valence-electron chi connectivity index (χ0n) is 17.2. The van der Waals surface area contributed by atoms with Gasteiger partial charge in [0, 0.05) is 12.6 Å². The molecular formula is C22H25FN4O3. The van der Waals surface area contributed by atoms with Crippen LogP contribution in [0, 0.1) is 11.2 Å². The van der Waals surface area contributed by atoms with Gasteiger partial charge >= 0.3 is 6.09 Å². The maximum Gasteiger partial charge on any atom is 0.407 e. The predicted molar refractivity (Wildman–Crippen MR) is 112 cm³/mol. The normalized spacial score (nSPS) is 18.3. The molecule has 1 saturated heterocycles. The number of hydrogen-bond donors (Lipinski definition) is 2. The highest BCUT2D eigenvalue weighted by atomic mass is 19.1. The lowest BCUT2D eigenvalue weighted by atomic mass is 9.79. The first-order valence-electron chi connectivity index (χ1n) is 9.72. The zero-order chi connectivity index (χ0) is 21.9. The fourth-order valence-electron chi connectivity index (χ4n) is 3.52. The largest absolute Gasteiger partial charge is 0.465 e. The molecule has 1 fully saturated rings. The van der Waals surface area contributed by atoms with E-state index in [2.05, 4.69) is 15.3 Å². The molecule has 0 spiro atoms. The first-order valence-corrected chi connectivity index (χ1v) is 9.72. The molecule has 1 aliphatic rings. The van der Waals surface area contributed by atoms with Crippen LogP contribution in [-0.4, -0.2) is 44.6 Å². The lowest BCUT2D eigenvalue weighted by molar-refractivity contribution is 0.0724. The quantitative estimate of drug-likeness (QED) is 0.777. The van der Waals surface area contributed by atoms with Gasteiger partial charge in [0.25, 0.3) is 5.91 Å². The van der Waals surface area contributed by atoms with Gasteiger partial charge in [-0.05, 0) is 48.6 Å². The Labute approximate surface area is 174 Å². The summed E-state index contributed by atoms with van der Waals surface area (Å²) in [4.78, 5) is 33.6. The van der Waals surface area contributed by atoms with Gasteiger partial charge < -0.3 is 15.3 Å². The molecule has 1 unspecified atom stereocenters. The Morgan fingerprint density at radius 2 is 2.03 bits per heavy atom. The summed E-state index contributed by atoms with van der Waals surface area (Å²) in [5.74, 6) is -0.633. The summed E-state index contributed by atoms with van der Waals surface area (Å²) in [5, 5.41) is 12.2. The number of carbonyl (C=O) groups is 2. The van der Waals surface area contributed by atoms with Gasteiger partial charge in [-0.25, -0.2) is 19.2 Å². The number of piperidine rings is 1. The van der Waals surface area contributed by atoms with Crippen LogP contribution >= 0.6 is 0 Å². The van der Waals surface area contributed by atoms with E-state index >= 15 is 0 Å². The van der Waals surface area contributed by atoms with Crippen LogP contribution in [0.3, 0.4) is 0 Å². The number of amides is 2. The van der Waals surface area contributed by atoms with Crippen LogP contribution in [-0.2, 0) is 0 Å². The van der Waals surface area contributed by atoms with Crippen LogP contribution in [0.1, 0.15) is 49.8 Å². The summed E-state index contributed by atoms with van der Waals surface area (Å²) in [7, 11) is 0. The molecule has 3 rings (SSSR count). The highest BCUT2D eigenvalue weighted by Crippen LogP contribution is 2.35. The number of hydrogen-bond acceptors (Lipinski definition) is 4. The lowest BCUT2D eigenvalue weighted by Crippen LogP contribution is -2.50. The SMILES string of the molecule is CC(C)(C)C1CC(=Cc2cccc(NC(=O)c3ccc(F)cn3)n2)CCN1C(=O)O. The molecule has 30 heavy (non-hydrogen) atoms. The van der Waals surface area contributed by atoms with Crippen molar-refractivity contribution in [1.82, 2.24) is 14.9 Å². The summed E-state index contributed by atoms with van der Waals surface area (Å²) in [6, 6.07) is 7.62. The van der Waals surface area contributed by atoms with E-state index in [4.69, 9.17) is 0 Å². The number of nitrogens with one attached hydrogen (secondary N) is 1. The van der Waals surface area contributed by atoms with Gasteiger partial charge in [-0.3, -0.25) is 4.79 Å². The van der Waals surface area contributed by atoms with Crippen molar-refractivity contribution in [2.45, 2.75) is 39.7 Å². The van der Waals surface area contributed by atoms with E-state index in [0.29, 0.717) is 30.9 Å². The van der Waals surface area contributed by atoms with E-state index in [1.54, 1.807) is 12.1 Å². The smallest absolute Gasteiger partial charge is 0.407 e. The molecule has 8 heteroatoms. The summed E-state index contributed by atoms with van der Waals surface area (Å²) < 4.78 is 13.0. The summed E-state index contributed by atoms with van der Waals surface area (Å²) in [5.41, 5.74) is 1.69. The van der Waals surface area contributed by atoms with E-state index in [1.165, 1.54) is 17.0 Å². The third-order valence-corrected chi connectivity index (χ3v) is 5.08. The molecule has 0 aromatic carbocycles. The minimum absolute atomic E-state index is 0.0935. The Kier molecular flexibility index (Phi) is 6.14. The summed E-state index contributed by atoms with van der Waals surface area (Å²) in [6.07, 6.45) is 3.30. The van der Waals surface area contributed by atoms with Gasteiger partial charge in [0.2, 0.25) is 0 Å². The molecule has 1 atom stereocenters. The average Bonchev–Trinajstić information content (AvgIpc) is 2.68. The number of carboxylic acid groups (broad SMARTS) is 1. The molecule has 2 aromatic heterocycles. The number of anilines is 1. The van der Waals surface area contributed by atoms with Gasteiger partial charge in [0.15, 0.2) is 0 Å². The maximum absolute atomic E-state index is 13.0. The Bertz CT molecular complexity index is 967. The number of rotatable bonds is 3.